The fourth-order valence-corrected chi connectivity index (χ4v) is 2.71. The van der Waals surface area contributed by atoms with Gasteiger partial charge in [-0.3, -0.25) is 4.79 Å². The molecule has 0 atom stereocenters. The number of amides is 1. The van der Waals surface area contributed by atoms with E-state index in [2.05, 4.69) is 10.3 Å². The molecule has 8 heteroatoms. The smallest absolute Gasteiger partial charge is 0.245 e. The van der Waals surface area contributed by atoms with E-state index in [1.54, 1.807) is 13.0 Å². The summed E-state index contributed by atoms with van der Waals surface area (Å²) in [4.78, 5) is 15.0. The maximum atomic E-state index is 12.2. The van der Waals surface area contributed by atoms with Gasteiger partial charge in [0.1, 0.15) is 16.7 Å². The van der Waals surface area contributed by atoms with Crippen LogP contribution < -0.4 is 5.32 Å². The molecule has 1 amide bonds. The van der Waals surface area contributed by atoms with Crippen molar-refractivity contribution in [1.29, 1.82) is 5.26 Å². The van der Waals surface area contributed by atoms with Crippen molar-refractivity contribution in [2.45, 2.75) is 11.8 Å². The van der Waals surface area contributed by atoms with Crippen LogP contribution in [-0.2, 0) is 14.8 Å². The van der Waals surface area contributed by atoms with Crippen molar-refractivity contribution in [3.63, 3.8) is 0 Å². The molecule has 102 valence electrons. The monoisotopic (exact) mass is 282 g/mol. The molecule has 1 aromatic rings. The van der Waals surface area contributed by atoms with Gasteiger partial charge in [-0.25, -0.2) is 13.4 Å². The van der Waals surface area contributed by atoms with Gasteiger partial charge in [0.2, 0.25) is 15.9 Å². The Bertz CT molecular complexity index is 589. The number of carbonyl (C=O) groups excluding carboxylic acids is 1. The van der Waals surface area contributed by atoms with Gasteiger partial charge in [0, 0.05) is 19.8 Å². The largest absolute Gasteiger partial charge is 0.358 e. The Kier molecular flexibility index (Phi) is 4.97. The number of sulfonamides is 1. The van der Waals surface area contributed by atoms with Gasteiger partial charge in [0.25, 0.3) is 0 Å². The zero-order valence-electron chi connectivity index (χ0n) is 10.6. The van der Waals surface area contributed by atoms with E-state index in [4.69, 9.17) is 5.26 Å². The Morgan fingerprint density at radius 1 is 1.53 bits per heavy atom. The lowest BCUT2D eigenvalue weighted by Crippen LogP contribution is -2.39. The van der Waals surface area contributed by atoms with Gasteiger partial charge in [-0.1, -0.05) is 6.92 Å². The first-order chi connectivity index (χ1) is 8.95. The van der Waals surface area contributed by atoms with Crippen molar-refractivity contribution in [1.82, 2.24) is 14.6 Å². The van der Waals surface area contributed by atoms with Crippen LogP contribution in [0.1, 0.15) is 12.6 Å². The number of hydrogen-bond acceptors (Lipinski definition) is 5. The quantitative estimate of drug-likeness (QED) is 0.799. The third kappa shape index (κ3) is 3.49. The summed E-state index contributed by atoms with van der Waals surface area (Å²) in [5, 5.41) is 11.0. The maximum absolute atomic E-state index is 12.2. The number of rotatable bonds is 5. The van der Waals surface area contributed by atoms with E-state index in [-0.39, 0.29) is 23.7 Å². The number of pyridine rings is 1. The lowest BCUT2D eigenvalue weighted by atomic mass is 10.4. The summed E-state index contributed by atoms with van der Waals surface area (Å²) in [6.45, 7) is 1.54. The van der Waals surface area contributed by atoms with E-state index in [9.17, 15) is 13.2 Å². The molecule has 0 fully saturated rings. The summed E-state index contributed by atoms with van der Waals surface area (Å²) in [7, 11) is -2.34. The lowest BCUT2D eigenvalue weighted by Gasteiger charge is -2.19. The molecule has 0 aliphatic carbocycles. The van der Waals surface area contributed by atoms with E-state index in [0.29, 0.717) is 0 Å². The SMILES string of the molecule is CCN(CC(=O)NC)S(=O)(=O)c1ccc(C#N)nc1. The summed E-state index contributed by atoms with van der Waals surface area (Å²) in [6, 6.07) is 4.43. The van der Waals surface area contributed by atoms with Crippen molar-refractivity contribution < 1.29 is 13.2 Å². The van der Waals surface area contributed by atoms with E-state index in [1.165, 1.54) is 19.2 Å². The predicted molar refractivity (Wildman–Crippen MR) is 67.5 cm³/mol. The number of nitrogens with zero attached hydrogens (tertiary/aromatic N) is 3. The van der Waals surface area contributed by atoms with Gasteiger partial charge in [-0.15, -0.1) is 0 Å². The van der Waals surface area contributed by atoms with Gasteiger partial charge >= 0.3 is 0 Å². The zero-order valence-corrected chi connectivity index (χ0v) is 11.4. The fourth-order valence-electron chi connectivity index (χ4n) is 1.35. The highest BCUT2D eigenvalue weighted by atomic mass is 32.2. The van der Waals surface area contributed by atoms with Crippen molar-refractivity contribution in [2.24, 2.45) is 0 Å². The van der Waals surface area contributed by atoms with Crippen LogP contribution in [0.15, 0.2) is 23.2 Å². The molecule has 0 unspecified atom stereocenters. The Morgan fingerprint density at radius 3 is 2.63 bits per heavy atom. The van der Waals surface area contributed by atoms with Gasteiger partial charge in [-0.05, 0) is 12.1 Å². The topological polar surface area (TPSA) is 103 Å². The average Bonchev–Trinajstić information content (AvgIpc) is 2.44. The summed E-state index contributed by atoms with van der Waals surface area (Å²) >= 11 is 0. The Balaban J connectivity index is 3.06. The van der Waals surface area contributed by atoms with Crippen LogP contribution >= 0.6 is 0 Å². The molecule has 0 radical (unpaired) electrons. The number of likely N-dealkylation sites (N-methyl/N-ethyl adjacent to an activating group) is 2. The van der Waals surface area contributed by atoms with Crippen LogP contribution in [0.25, 0.3) is 0 Å². The first-order valence-electron chi connectivity index (χ1n) is 5.52. The number of nitriles is 1. The molecule has 0 saturated carbocycles. The second-order valence-corrected chi connectivity index (χ2v) is 5.53. The molecule has 0 aromatic carbocycles. The normalized spacial score (nSPS) is 11.1. The van der Waals surface area contributed by atoms with Gasteiger partial charge in [-0.2, -0.15) is 9.57 Å². The van der Waals surface area contributed by atoms with Crippen molar-refractivity contribution >= 4 is 15.9 Å². The number of nitrogens with one attached hydrogen (secondary N) is 1. The Morgan fingerprint density at radius 2 is 2.21 bits per heavy atom. The number of aromatic nitrogens is 1. The second kappa shape index (κ2) is 6.26. The first-order valence-corrected chi connectivity index (χ1v) is 6.96. The summed E-state index contributed by atoms with van der Waals surface area (Å²) < 4.78 is 25.5. The average molecular weight is 282 g/mol. The fraction of sp³-hybridized carbons (Fsp3) is 0.364. The van der Waals surface area contributed by atoms with E-state index < -0.39 is 15.9 Å². The molecule has 0 aliphatic heterocycles. The predicted octanol–water partition coefficient (Wildman–Crippen LogP) is -0.290. The molecule has 1 heterocycles. The van der Waals surface area contributed by atoms with Gasteiger partial charge in [0.15, 0.2) is 0 Å². The van der Waals surface area contributed by atoms with E-state index in [0.717, 1.165) is 10.5 Å². The lowest BCUT2D eigenvalue weighted by molar-refractivity contribution is -0.120. The third-order valence-electron chi connectivity index (χ3n) is 2.44. The molecule has 0 spiro atoms. The molecule has 0 saturated heterocycles. The van der Waals surface area contributed by atoms with Crippen LogP contribution in [-0.4, -0.2) is 43.8 Å². The van der Waals surface area contributed by atoms with Crippen LogP contribution in [0.4, 0.5) is 0 Å². The van der Waals surface area contributed by atoms with E-state index >= 15 is 0 Å². The van der Waals surface area contributed by atoms with Crippen molar-refractivity contribution in [3.05, 3.63) is 24.0 Å². The molecule has 1 aromatic heterocycles. The molecular weight excluding hydrogens is 268 g/mol. The highest BCUT2D eigenvalue weighted by molar-refractivity contribution is 7.89. The standard InChI is InChI=1S/C11H14N4O3S/c1-3-15(8-11(16)13-2)19(17,18)10-5-4-9(6-12)14-7-10/h4-5,7H,3,8H2,1-2H3,(H,13,16). The van der Waals surface area contributed by atoms with Crippen LogP contribution in [0, 0.1) is 11.3 Å². The molecular formula is C11H14N4O3S. The molecule has 19 heavy (non-hydrogen) atoms. The summed E-state index contributed by atoms with van der Waals surface area (Å²) in [5.74, 6) is -0.396. The Hall–Kier alpha value is -1.98. The minimum absolute atomic E-state index is 0.0442. The summed E-state index contributed by atoms with van der Waals surface area (Å²) in [6.07, 6.45) is 1.11. The van der Waals surface area contributed by atoms with Crippen LogP contribution in [0.5, 0.6) is 0 Å². The zero-order chi connectivity index (χ0) is 14.5. The minimum atomic E-state index is -3.78. The molecule has 7 nitrogen and oxygen atoms in total. The van der Waals surface area contributed by atoms with Crippen molar-refractivity contribution in [2.75, 3.05) is 20.1 Å². The highest BCUT2D eigenvalue weighted by Crippen LogP contribution is 2.14. The molecule has 0 aliphatic rings. The van der Waals surface area contributed by atoms with E-state index in [1.807, 2.05) is 0 Å². The highest BCUT2D eigenvalue weighted by Gasteiger charge is 2.25. The third-order valence-corrected chi connectivity index (χ3v) is 4.34. The second-order valence-electron chi connectivity index (χ2n) is 3.60. The Labute approximate surface area is 111 Å². The molecule has 1 N–H and O–H groups in total. The van der Waals surface area contributed by atoms with Gasteiger partial charge in [0.05, 0.1) is 6.54 Å². The first kappa shape index (κ1) is 15.1. The minimum Gasteiger partial charge on any atom is -0.358 e. The van der Waals surface area contributed by atoms with Crippen molar-refractivity contribution in [3.8, 4) is 6.07 Å². The molecule has 0 bridgehead atoms. The van der Waals surface area contributed by atoms with Gasteiger partial charge < -0.3 is 5.32 Å². The number of carbonyl (C=O) groups is 1. The number of hydrogen-bond donors (Lipinski definition) is 1. The summed E-state index contributed by atoms with van der Waals surface area (Å²) in [5.41, 5.74) is 0.133. The maximum Gasteiger partial charge on any atom is 0.245 e. The van der Waals surface area contributed by atoms with Crippen LogP contribution in [0.2, 0.25) is 0 Å². The van der Waals surface area contributed by atoms with Crippen LogP contribution in [0.3, 0.4) is 0 Å². The molecule has 1 rings (SSSR count).